The third kappa shape index (κ3) is 3.06. The lowest BCUT2D eigenvalue weighted by Crippen LogP contribution is -2.41. The Morgan fingerprint density at radius 1 is 1.25 bits per heavy atom. The van der Waals surface area contributed by atoms with E-state index in [1.807, 2.05) is 27.8 Å². The van der Waals surface area contributed by atoms with Gasteiger partial charge in [-0.05, 0) is 30.5 Å². The zero-order valence-electron chi connectivity index (χ0n) is 13.4. The number of amides is 1. The molecule has 2 aliphatic heterocycles. The smallest absolute Gasteiger partial charge is 0.227 e. The summed E-state index contributed by atoms with van der Waals surface area (Å²) in [6.07, 6.45) is 5.64. The lowest BCUT2D eigenvalue weighted by Gasteiger charge is -2.32. The van der Waals surface area contributed by atoms with Gasteiger partial charge in [0.1, 0.15) is 25.9 Å². The zero-order valence-corrected chi connectivity index (χ0v) is 13.4. The molecule has 7 nitrogen and oxygen atoms in total. The minimum Gasteiger partial charge on any atom is -0.486 e. The molecule has 1 saturated heterocycles. The summed E-state index contributed by atoms with van der Waals surface area (Å²) in [4.78, 5) is 18.6. The zero-order chi connectivity index (χ0) is 16.4. The van der Waals surface area contributed by atoms with Crippen LogP contribution in [-0.2, 0) is 11.2 Å². The number of likely N-dealkylation sites (tertiary alicyclic amines) is 1. The van der Waals surface area contributed by atoms with E-state index < -0.39 is 0 Å². The van der Waals surface area contributed by atoms with Crippen molar-refractivity contribution < 1.29 is 14.3 Å². The van der Waals surface area contributed by atoms with Gasteiger partial charge in [0.25, 0.3) is 0 Å². The highest BCUT2D eigenvalue weighted by Gasteiger charge is 2.25. The molecule has 126 valence electrons. The van der Waals surface area contributed by atoms with Crippen LogP contribution in [0.1, 0.15) is 24.4 Å². The molecule has 0 aliphatic carbocycles. The first-order valence-corrected chi connectivity index (χ1v) is 8.30. The Kier molecular flexibility index (Phi) is 4.06. The van der Waals surface area contributed by atoms with Gasteiger partial charge in [-0.15, -0.1) is 0 Å². The molecule has 1 fully saturated rings. The molecular weight excluding hydrogens is 308 g/mol. The summed E-state index contributed by atoms with van der Waals surface area (Å²) in [7, 11) is 0. The fourth-order valence-electron chi connectivity index (χ4n) is 3.29. The lowest BCUT2D eigenvalue weighted by molar-refractivity contribution is -0.132. The maximum atomic E-state index is 12.7. The molecule has 7 heteroatoms. The summed E-state index contributed by atoms with van der Waals surface area (Å²) in [6.45, 7) is 2.61. The normalized spacial score (nSPS) is 20.0. The molecule has 1 aromatic heterocycles. The molecule has 0 bridgehead atoms. The summed E-state index contributed by atoms with van der Waals surface area (Å²) in [5, 5.41) is 4.20. The number of nitrogens with zero attached hydrogens (tertiary/aromatic N) is 4. The highest BCUT2D eigenvalue weighted by atomic mass is 16.6. The standard InChI is InChI=1S/C17H20N4O3/c22-17(9-13-3-4-15-16(8-13)24-7-6-23-15)20-5-1-2-14(10-20)21-12-18-11-19-21/h3-4,8,11-12,14H,1-2,5-7,9-10H2/t14-/m0/s1. The van der Waals surface area contributed by atoms with Gasteiger partial charge in [0.2, 0.25) is 5.91 Å². The first-order valence-electron chi connectivity index (χ1n) is 8.30. The molecule has 2 aliphatic rings. The molecule has 0 radical (unpaired) electrons. The fourth-order valence-corrected chi connectivity index (χ4v) is 3.29. The number of carbonyl (C=O) groups excluding carboxylic acids is 1. The molecule has 2 aromatic rings. The highest BCUT2D eigenvalue weighted by Crippen LogP contribution is 2.31. The van der Waals surface area contributed by atoms with E-state index >= 15 is 0 Å². The van der Waals surface area contributed by atoms with E-state index in [2.05, 4.69) is 10.1 Å². The van der Waals surface area contributed by atoms with Crippen LogP contribution in [0.3, 0.4) is 0 Å². The number of fused-ring (bicyclic) bond motifs is 1. The van der Waals surface area contributed by atoms with Crippen LogP contribution in [-0.4, -0.2) is 51.9 Å². The van der Waals surface area contributed by atoms with Gasteiger partial charge >= 0.3 is 0 Å². The van der Waals surface area contributed by atoms with Gasteiger partial charge in [0.05, 0.1) is 12.5 Å². The molecule has 0 saturated carbocycles. The second kappa shape index (κ2) is 6.51. The van der Waals surface area contributed by atoms with Gasteiger partial charge in [-0.25, -0.2) is 9.67 Å². The van der Waals surface area contributed by atoms with Crippen molar-refractivity contribution in [1.29, 1.82) is 0 Å². The molecule has 1 amide bonds. The lowest BCUT2D eigenvalue weighted by atomic mass is 10.0. The number of benzene rings is 1. The van der Waals surface area contributed by atoms with E-state index in [0.717, 1.165) is 36.4 Å². The molecule has 0 unspecified atom stereocenters. The van der Waals surface area contributed by atoms with Crippen LogP contribution in [0.25, 0.3) is 0 Å². The quantitative estimate of drug-likeness (QED) is 0.853. The van der Waals surface area contributed by atoms with Crippen molar-refractivity contribution >= 4 is 5.91 Å². The van der Waals surface area contributed by atoms with Gasteiger partial charge in [0, 0.05) is 13.1 Å². The van der Waals surface area contributed by atoms with Crippen LogP contribution >= 0.6 is 0 Å². The number of ether oxygens (including phenoxy) is 2. The molecule has 24 heavy (non-hydrogen) atoms. The molecule has 1 aromatic carbocycles. The van der Waals surface area contributed by atoms with E-state index in [4.69, 9.17) is 9.47 Å². The Bertz CT molecular complexity index is 717. The van der Waals surface area contributed by atoms with Crippen molar-refractivity contribution in [1.82, 2.24) is 19.7 Å². The summed E-state index contributed by atoms with van der Waals surface area (Å²) in [5.41, 5.74) is 0.951. The maximum absolute atomic E-state index is 12.7. The van der Waals surface area contributed by atoms with Gasteiger partial charge in [0.15, 0.2) is 11.5 Å². The average molecular weight is 328 g/mol. The van der Waals surface area contributed by atoms with Crippen LogP contribution in [0.15, 0.2) is 30.9 Å². The van der Waals surface area contributed by atoms with Gasteiger partial charge in [-0.1, -0.05) is 6.07 Å². The summed E-state index contributed by atoms with van der Waals surface area (Å²) >= 11 is 0. The van der Waals surface area contributed by atoms with Crippen LogP contribution in [0.4, 0.5) is 0 Å². The predicted octanol–water partition coefficient (Wildman–Crippen LogP) is 1.46. The molecule has 1 atom stereocenters. The van der Waals surface area contributed by atoms with E-state index in [1.165, 1.54) is 6.33 Å². The predicted molar refractivity (Wildman–Crippen MR) is 86.0 cm³/mol. The number of hydrogen-bond acceptors (Lipinski definition) is 5. The van der Waals surface area contributed by atoms with Gasteiger partial charge in [-0.3, -0.25) is 4.79 Å². The Morgan fingerprint density at radius 3 is 2.96 bits per heavy atom. The number of rotatable bonds is 3. The van der Waals surface area contributed by atoms with Crippen molar-refractivity contribution in [2.24, 2.45) is 0 Å². The number of aromatic nitrogens is 3. The van der Waals surface area contributed by atoms with E-state index in [-0.39, 0.29) is 11.9 Å². The first-order chi connectivity index (χ1) is 11.8. The second-order valence-corrected chi connectivity index (χ2v) is 6.17. The third-order valence-electron chi connectivity index (χ3n) is 4.52. The maximum Gasteiger partial charge on any atom is 0.227 e. The Morgan fingerprint density at radius 2 is 2.12 bits per heavy atom. The fraction of sp³-hybridized carbons (Fsp3) is 0.471. The number of piperidine rings is 1. The molecular formula is C17H20N4O3. The largest absolute Gasteiger partial charge is 0.486 e. The Balaban J connectivity index is 1.42. The SMILES string of the molecule is O=C(Cc1ccc2c(c1)OCCO2)N1CCC[C@H](n2cncn2)C1. The minimum absolute atomic E-state index is 0.136. The van der Waals surface area contributed by atoms with Crippen molar-refractivity contribution in [3.8, 4) is 11.5 Å². The van der Waals surface area contributed by atoms with Gasteiger partial charge < -0.3 is 14.4 Å². The number of hydrogen-bond donors (Lipinski definition) is 0. The first kappa shape index (κ1) is 15.0. The van der Waals surface area contributed by atoms with Crippen molar-refractivity contribution in [3.63, 3.8) is 0 Å². The summed E-state index contributed by atoms with van der Waals surface area (Å²) in [5.74, 6) is 1.61. The highest BCUT2D eigenvalue weighted by molar-refractivity contribution is 5.79. The van der Waals surface area contributed by atoms with Crippen LogP contribution in [0, 0.1) is 0 Å². The van der Waals surface area contributed by atoms with E-state index in [0.29, 0.717) is 26.2 Å². The topological polar surface area (TPSA) is 69.5 Å². The van der Waals surface area contributed by atoms with Crippen molar-refractivity contribution in [2.45, 2.75) is 25.3 Å². The third-order valence-corrected chi connectivity index (χ3v) is 4.52. The van der Waals surface area contributed by atoms with Crippen LogP contribution in [0.2, 0.25) is 0 Å². The average Bonchev–Trinajstić information content (AvgIpc) is 3.16. The molecule has 0 spiro atoms. The van der Waals surface area contributed by atoms with Crippen molar-refractivity contribution in [3.05, 3.63) is 36.4 Å². The van der Waals surface area contributed by atoms with Crippen molar-refractivity contribution in [2.75, 3.05) is 26.3 Å². The monoisotopic (exact) mass is 328 g/mol. The van der Waals surface area contributed by atoms with Gasteiger partial charge in [-0.2, -0.15) is 5.10 Å². The Labute approximate surface area is 140 Å². The molecule has 0 N–H and O–H groups in total. The second-order valence-electron chi connectivity index (χ2n) is 6.17. The summed E-state index contributed by atoms with van der Waals surface area (Å²) < 4.78 is 13.0. The Hall–Kier alpha value is -2.57. The minimum atomic E-state index is 0.136. The molecule has 3 heterocycles. The van der Waals surface area contributed by atoms with E-state index in [1.54, 1.807) is 6.33 Å². The summed E-state index contributed by atoms with van der Waals surface area (Å²) in [6, 6.07) is 5.94. The van der Waals surface area contributed by atoms with E-state index in [9.17, 15) is 4.79 Å². The van der Waals surface area contributed by atoms with Crippen LogP contribution in [0.5, 0.6) is 11.5 Å². The molecule has 4 rings (SSSR count). The number of carbonyl (C=O) groups is 1. The van der Waals surface area contributed by atoms with Crippen LogP contribution < -0.4 is 9.47 Å².